The van der Waals surface area contributed by atoms with E-state index in [-0.39, 0.29) is 43.0 Å². The Balaban J connectivity index is 1.92. The number of ketones is 1. The average molecular weight is 893 g/mol. The maximum absolute atomic E-state index is 14.8. The van der Waals surface area contributed by atoms with Crippen LogP contribution in [0.3, 0.4) is 0 Å². The van der Waals surface area contributed by atoms with Crippen LogP contribution in [0.1, 0.15) is 66.8 Å². The van der Waals surface area contributed by atoms with Gasteiger partial charge in [0.05, 0.1) is 21.9 Å². The first kappa shape index (κ1) is 49.6. The number of carbonyl (C=O) groups is 9. The molecule has 1 aliphatic carbocycles. The van der Waals surface area contributed by atoms with E-state index in [0.29, 0.717) is 30.7 Å². The van der Waals surface area contributed by atoms with Gasteiger partial charge in [-0.3, -0.25) is 63.1 Å². The number of carboxylic acids is 4. The van der Waals surface area contributed by atoms with Gasteiger partial charge in [-0.25, -0.2) is 0 Å². The number of nitrogens with two attached hydrogens (primary N) is 2. The van der Waals surface area contributed by atoms with E-state index < -0.39 is 107 Å². The van der Waals surface area contributed by atoms with Gasteiger partial charge in [0, 0.05) is 73.4 Å². The number of nitrogens with one attached hydrogen (secondary N) is 4. The normalized spacial score (nSPS) is 17.9. The molecule has 2 heterocycles. The van der Waals surface area contributed by atoms with Crippen LogP contribution in [0.2, 0.25) is 0 Å². The van der Waals surface area contributed by atoms with Gasteiger partial charge in [0.25, 0.3) is 0 Å². The summed E-state index contributed by atoms with van der Waals surface area (Å²) >= 11 is 2.18. The molecule has 0 radical (unpaired) electrons. The molecule has 0 aliphatic heterocycles. The van der Waals surface area contributed by atoms with Crippen molar-refractivity contribution in [3.05, 3.63) is 48.6 Å². The van der Waals surface area contributed by atoms with Crippen LogP contribution in [-0.4, -0.2) is 142 Å². The van der Waals surface area contributed by atoms with Crippen molar-refractivity contribution in [1.29, 1.82) is 0 Å². The topological polar surface area (TPSA) is 386 Å². The van der Waals surface area contributed by atoms with E-state index >= 15 is 0 Å². The molecule has 25 heteroatoms. The molecular formula is C36H48N10O13S2. The van der Waals surface area contributed by atoms with Crippen LogP contribution in [0.5, 0.6) is 0 Å². The third kappa shape index (κ3) is 16.6. The number of carbonyl (C=O) groups excluding carboxylic acids is 5. The average Bonchev–Trinajstić information content (AvgIpc) is 3.23. The van der Waals surface area contributed by atoms with Gasteiger partial charge in [-0.2, -0.15) is 0 Å². The second kappa shape index (κ2) is 25.1. The van der Waals surface area contributed by atoms with Crippen molar-refractivity contribution in [3.63, 3.8) is 0 Å². The summed E-state index contributed by atoms with van der Waals surface area (Å²) in [7, 11) is 0. The van der Waals surface area contributed by atoms with Crippen molar-refractivity contribution in [2.45, 2.75) is 79.6 Å². The standard InChI is InChI=1S/C36H48N10O13S2/c37-20(35(56)57)4-6-26(47)45-24(33(54)43-14-28(49)50)16-60-31(22-12-39-8-10-41-22)18-2-1-3-19(30(18)53)32(23-13-40-9-11-42-23)61-17-25(34(55)44-15-29(51)52)46-27(48)7-5-21(38)36(58)59/h8-13,18-21,24-25,31-32H,1-7,14-17,37-38H2,(H,43,54)(H,44,55)(H,45,47)(H,46,48)(H,49,50)(H,51,52)(H,56,57)(H,58,59). The Morgan fingerprint density at radius 2 is 1.05 bits per heavy atom. The molecule has 0 saturated heterocycles. The number of amides is 4. The zero-order chi connectivity index (χ0) is 45.1. The molecule has 2 aromatic rings. The number of hydrogen-bond donors (Lipinski definition) is 10. The second-order valence-corrected chi connectivity index (χ2v) is 16.1. The summed E-state index contributed by atoms with van der Waals surface area (Å²) < 4.78 is 0. The molecule has 332 valence electrons. The van der Waals surface area contributed by atoms with Crippen molar-refractivity contribution >= 4 is 76.8 Å². The lowest BCUT2D eigenvalue weighted by Crippen LogP contribution is -2.50. The molecule has 61 heavy (non-hydrogen) atoms. The van der Waals surface area contributed by atoms with Crippen molar-refractivity contribution < 1.29 is 63.6 Å². The molecule has 2 aromatic heterocycles. The Bertz CT molecular complexity index is 1740. The Morgan fingerprint density at radius 1 is 0.656 bits per heavy atom. The Labute approximate surface area is 356 Å². The maximum atomic E-state index is 14.8. The monoisotopic (exact) mass is 892 g/mol. The van der Waals surface area contributed by atoms with Gasteiger partial charge in [-0.05, 0) is 25.7 Å². The summed E-state index contributed by atoms with van der Waals surface area (Å²) in [5.41, 5.74) is 11.8. The van der Waals surface area contributed by atoms with Crippen LogP contribution in [-0.2, 0) is 43.2 Å². The van der Waals surface area contributed by atoms with Crippen LogP contribution in [0.25, 0.3) is 0 Å². The van der Waals surface area contributed by atoms with Crippen molar-refractivity contribution in [2.75, 3.05) is 24.6 Å². The molecule has 8 unspecified atom stereocenters. The molecular weight excluding hydrogens is 845 g/mol. The van der Waals surface area contributed by atoms with E-state index in [1.54, 1.807) is 0 Å². The SMILES string of the molecule is NC(CCC(=O)NC(CSC(c1cnccn1)C1CCCC(C(SCC(NC(=O)CCC(N)C(=O)O)C(=O)NCC(=O)O)c2cnccn2)C1=O)C(=O)NCC(=O)O)C(=O)O. The highest BCUT2D eigenvalue weighted by molar-refractivity contribution is 7.99. The summed E-state index contributed by atoms with van der Waals surface area (Å²) in [4.78, 5) is 129. The number of hydrogen-bond acceptors (Lipinski definition) is 17. The molecule has 23 nitrogen and oxygen atoms in total. The van der Waals surface area contributed by atoms with Gasteiger partial charge >= 0.3 is 23.9 Å². The lowest BCUT2D eigenvalue weighted by atomic mass is 9.76. The number of nitrogens with zero attached hydrogens (tertiary/aromatic N) is 4. The Morgan fingerprint density at radius 3 is 1.38 bits per heavy atom. The van der Waals surface area contributed by atoms with E-state index in [4.69, 9.17) is 31.9 Å². The third-order valence-corrected chi connectivity index (χ3v) is 12.2. The number of aliphatic carboxylic acids is 4. The molecule has 0 bridgehead atoms. The summed E-state index contributed by atoms with van der Waals surface area (Å²) in [6.07, 6.45) is 8.56. The lowest BCUT2D eigenvalue weighted by molar-refractivity contribution is -0.140. The van der Waals surface area contributed by atoms with E-state index in [1.165, 1.54) is 37.2 Å². The first-order valence-corrected chi connectivity index (χ1v) is 20.9. The highest BCUT2D eigenvalue weighted by atomic mass is 32.2. The van der Waals surface area contributed by atoms with Crippen molar-refractivity contribution in [3.8, 4) is 0 Å². The van der Waals surface area contributed by atoms with Crippen LogP contribution in [0.15, 0.2) is 37.2 Å². The molecule has 4 amide bonds. The van der Waals surface area contributed by atoms with Gasteiger partial charge in [-0.1, -0.05) is 6.42 Å². The lowest BCUT2D eigenvalue weighted by Gasteiger charge is -2.36. The maximum Gasteiger partial charge on any atom is 0.322 e. The summed E-state index contributed by atoms with van der Waals surface area (Å²) in [5.74, 6) is -10.7. The van der Waals surface area contributed by atoms with E-state index in [1.807, 2.05) is 0 Å². The zero-order valence-electron chi connectivity index (χ0n) is 32.6. The van der Waals surface area contributed by atoms with Crippen molar-refractivity contribution in [2.24, 2.45) is 23.3 Å². The molecule has 1 saturated carbocycles. The highest BCUT2D eigenvalue weighted by Crippen LogP contribution is 2.48. The number of Topliss-reactive ketones (excluding diaryl/α,β-unsaturated/α-hetero) is 1. The quantitative estimate of drug-likeness (QED) is 0.0501. The van der Waals surface area contributed by atoms with E-state index in [9.17, 15) is 43.2 Å². The smallest absolute Gasteiger partial charge is 0.322 e. The largest absolute Gasteiger partial charge is 0.480 e. The number of rotatable bonds is 26. The fraction of sp³-hybridized carbons (Fsp3) is 0.528. The van der Waals surface area contributed by atoms with Crippen molar-refractivity contribution in [1.82, 2.24) is 41.2 Å². The molecule has 0 aromatic carbocycles. The molecule has 8 atom stereocenters. The van der Waals surface area contributed by atoms with Gasteiger partial charge in [0.15, 0.2) is 0 Å². The van der Waals surface area contributed by atoms with Crippen LogP contribution in [0, 0.1) is 11.8 Å². The predicted molar refractivity (Wildman–Crippen MR) is 215 cm³/mol. The number of carboxylic acid groups (broad SMARTS) is 4. The molecule has 0 spiro atoms. The minimum Gasteiger partial charge on any atom is -0.480 e. The third-order valence-electron chi connectivity index (χ3n) is 9.26. The second-order valence-electron chi connectivity index (χ2n) is 13.7. The fourth-order valence-corrected chi connectivity index (χ4v) is 9.00. The predicted octanol–water partition coefficient (Wildman–Crippen LogP) is -1.74. The van der Waals surface area contributed by atoms with Gasteiger partial charge in [0.2, 0.25) is 23.6 Å². The van der Waals surface area contributed by atoms with Gasteiger partial charge in [0.1, 0.15) is 43.0 Å². The van der Waals surface area contributed by atoms with Crippen LogP contribution < -0.4 is 32.7 Å². The minimum absolute atomic E-state index is 0.190. The van der Waals surface area contributed by atoms with E-state index in [2.05, 4.69) is 41.2 Å². The summed E-state index contributed by atoms with van der Waals surface area (Å²) in [5, 5.41) is 44.4. The number of aromatic nitrogens is 4. The molecule has 3 rings (SSSR count). The van der Waals surface area contributed by atoms with Crippen LogP contribution >= 0.6 is 23.5 Å². The minimum atomic E-state index is -1.35. The Hall–Kier alpha value is -5.79. The molecule has 12 N–H and O–H groups in total. The summed E-state index contributed by atoms with van der Waals surface area (Å²) in [6.45, 7) is -1.52. The van der Waals surface area contributed by atoms with Gasteiger partial charge in [-0.15, -0.1) is 23.5 Å². The first-order valence-electron chi connectivity index (χ1n) is 18.8. The highest BCUT2D eigenvalue weighted by Gasteiger charge is 2.43. The zero-order valence-corrected chi connectivity index (χ0v) is 34.2. The molecule has 1 fully saturated rings. The van der Waals surface area contributed by atoms with E-state index in [0.717, 1.165) is 23.5 Å². The first-order chi connectivity index (χ1) is 29.0. The number of thioether (sulfide) groups is 2. The van der Waals surface area contributed by atoms with Gasteiger partial charge < -0.3 is 53.2 Å². The van der Waals surface area contributed by atoms with Crippen LogP contribution in [0.4, 0.5) is 0 Å². The summed E-state index contributed by atoms with van der Waals surface area (Å²) in [6, 6.07) is -5.37. The molecule has 1 aliphatic rings. The Kier molecular flexibility index (Phi) is 20.4. The fourth-order valence-electron chi connectivity index (χ4n) is 6.14.